The van der Waals surface area contributed by atoms with Crippen LogP contribution in [0.3, 0.4) is 0 Å². The topological polar surface area (TPSA) is 79.8 Å². The summed E-state index contributed by atoms with van der Waals surface area (Å²) in [4.78, 5) is 27.1. The van der Waals surface area contributed by atoms with Crippen LogP contribution in [0.1, 0.15) is 10.6 Å². The van der Waals surface area contributed by atoms with Gasteiger partial charge >= 0.3 is 0 Å². The average molecular weight is 348 g/mol. The number of rotatable bonds is 4. The van der Waals surface area contributed by atoms with Crippen LogP contribution >= 0.6 is 11.6 Å². The van der Waals surface area contributed by atoms with E-state index in [2.05, 4.69) is 0 Å². The van der Waals surface area contributed by atoms with E-state index in [4.69, 9.17) is 21.8 Å². The molecule has 126 valence electrons. The van der Waals surface area contributed by atoms with Crippen LogP contribution in [0, 0.1) is 0 Å². The van der Waals surface area contributed by atoms with E-state index in [1.54, 1.807) is 23.1 Å². The third-order valence-corrected chi connectivity index (χ3v) is 4.32. The number of carbonyl (C=O) groups is 2. The lowest BCUT2D eigenvalue weighted by molar-refractivity contribution is -0.119. The maximum Gasteiger partial charge on any atom is 0.289 e. The van der Waals surface area contributed by atoms with Crippen molar-refractivity contribution in [3.05, 3.63) is 47.2 Å². The van der Waals surface area contributed by atoms with E-state index < -0.39 is 0 Å². The molecule has 3 rings (SSSR count). The van der Waals surface area contributed by atoms with Gasteiger partial charge in [-0.2, -0.15) is 0 Å². The zero-order valence-electron chi connectivity index (χ0n) is 13.1. The van der Waals surface area contributed by atoms with Crippen LogP contribution in [0.15, 0.2) is 40.8 Å². The first-order valence-corrected chi connectivity index (χ1v) is 8.07. The van der Waals surface area contributed by atoms with E-state index in [0.717, 1.165) is 5.56 Å². The lowest BCUT2D eigenvalue weighted by Gasteiger charge is -2.33. The Balaban J connectivity index is 1.67. The Kier molecular flexibility index (Phi) is 4.87. The van der Waals surface area contributed by atoms with Gasteiger partial charge < -0.3 is 15.1 Å². The van der Waals surface area contributed by atoms with E-state index >= 15 is 0 Å². The smallest absolute Gasteiger partial charge is 0.289 e. The predicted octanol–water partition coefficient (Wildman–Crippen LogP) is 1.84. The normalized spacial score (nSPS) is 15.5. The van der Waals surface area contributed by atoms with Crippen LogP contribution in [0.5, 0.6) is 0 Å². The van der Waals surface area contributed by atoms with Gasteiger partial charge in [-0.25, -0.2) is 0 Å². The first-order chi connectivity index (χ1) is 11.5. The fraction of sp³-hybridized carbons (Fsp3) is 0.294. The van der Waals surface area contributed by atoms with Gasteiger partial charge in [0.2, 0.25) is 5.91 Å². The minimum Gasteiger partial charge on any atom is -0.451 e. The predicted molar refractivity (Wildman–Crippen MR) is 90.7 cm³/mol. The van der Waals surface area contributed by atoms with Crippen molar-refractivity contribution in [3.63, 3.8) is 0 Å². The Morgan fingerprint density at radius 3 is 2.46 bits per heavy atom. The molecular formula is C17H18ClN3O3. The van der Waals surface area contributed by atoms with Gasteiger partial charge in [0.25, 0.3) is 5.91 Å². The van der Waals surface area contributed by atoms with Crippen molar-refractivity contribution in [1.29, 1.82) is 0 Å². The van der Waals surface area contributed by atoms with Gasteiger partial charge in [0, 0.05) is 31.7 Å². The number of carbonyl (C=O) groups excluding carboxylic acids is 2. The molecule has 2 N–H and O–H groups in total. The summed E-state index contributed by atoms with van der Waals surface area (Å²) in [5, 5.41) is 0.575. The minimum atomic E-state index is -0.356. The molecule has 0 aliphatic carbocycles. The number of halogens is 1. The van der Waals surface area contributed by atoms with Crippen molar-refractivity contribution in [2.24, 2.45) is 5.73 Å². The third kappa shape index (κ3) is 3.60. The highest BCUT2D eigenvalue weighted by Crippen LogP contribution is 2.29. The number of benzene rings is 1. The summed E-state index contributed by atoms with van der Waals surface area (Å²) in [6.07, 6.45) is 0. The molecule has 24 heavy (non-hydrogen) atoms. The van der Waals surface area contributed by atoms with Crippen LogP contribution in [0.25, 0.3) is 11.3 Å². The number of furan rings is 1. The lowest BCUT2D eigenvalue weighted by atomic mass is 10.2. The first kappa shape index (κ1) is 16.5. The van der Waals surface area contributed by atoms with Gasteiger partial charge in [0.1, 0.15) is 5.76 Å². The summed E-state index contributed by atoms with van der Waals surface area (Å²) >= 11 is 6.16. The van der Waals surface area contributed by atoms with Crippen molar-refractivity contribution in [2.75, 3.05) is 32.7 Å². The quantitative estimate of drug-likeness (QED) is 0.915. The summed E-state index contributed by atoms with van der Waals surface area (Å²) in [6, 6.07) is 10.7. The number of primary amides is 1. The standard InChI is InChI=1S/C17H18ClN3O3/c18-13-4-2-1-3-12(13)14-5-6-15(24-14)17(23)21-9-7-20(8-10-21)11-16(19)22/h1-6H,7-11H2,(H2,19,22). The molecule has 1 aliphatic rings. The Morgan fingerprint density at radius 1 is 1.08 bits per heavy atom. The molecule has 6 nitrogen and oxygen atoms in total. The Labute approximate surface area is 144 Å². The van der Waals surface area contributed by atoms with Gasteiger partial charge in [-0.1, -0.05) is 23.7 Å². The Bertz CT molecular complexity index is 751. The third-order valence-electron chi connectivity index (χ3n) is 4.00. The number of nitrogens with zero attached hydrogens (tertiary/aromatic N) is 2. The van der Waals surface area contributed by atoms with Gasteiger partial charge in [-0.15, -0.1) is 0 Å². The van der Waals surface area contributed by atoms with E-state index in [9.17, 15) is 9.59 Å². The lowest BCUT2D eigenvalue weighted by Crippen LogP contribution is -2.50. The van der Waals surface area contributed by atoms with Crippen molar-refractivity contribution in [1.82, 2.24) is 9.80 Å². The number of piperazine rings is 1. The van der Waals surface area contributed by atoms with Crippen molar-refractivity contribution < 1.29 is 14.0 Å². The van der Waals surface area contributed by atoms with Crippen LogP contribution < -0.4 is 5.73 Å². The van der Waals surface area contributed by atoms with Gasteiger partial charge in [-0.3, -0.25) is 14.5 Å². The molecule has 1 aromatic carbocycles. The van der Waals surface area contributed by atoms with Crippen molar-refractivity contribution in [2.45, 2.75) is 0 Å². The molecule has 0 radical (unpaired) electrons. The molecule has 0 bridgehead atoms. The van der Waals surface area contributed by atoms with Crippen molar-refractivity contribution >= 4 is 23.4 Å². The minimum absolute atomic E-state index is 0.160. The van der Waals surface area contributed by atoms with E-state index in [-0.39, 0.29) is 24.1 Å². The molecule has 1 fully saturated rings. The summed E-state index contributed by atoms with van der Waals surface area (Å²) in [6.45, 7) is 2.53. The van der Waals surface area contributed by atoms with Crippen LogP contribution in [-0.4, -0.2) is 54.3 Å². The highest BCUT2D eigenvalue weighted by molar-refractivity contribution is 6.33. The molecule has 2 aromatic rings. The number of nitrogens with two attached hydrogens (primary N) is 1. The second-order valence-electron chi connectivity index (χ2n) is 5.68. The highest BCUT2D eigenvalue weighted by atomic mass is 35.5. The maximum absolute atomic E-state index is 12.5. The molecule has 1 aromatic heterocycles. The second kappa shape index (κ2) is 7.07. The molecule has 1 saturated heterocycles. The number of hydrogen-bond acceptors (Lipinski definition) is 4. The molecule has 2 amide bonds. The maximum atomic E-state index is 12.5. The first-order valence-electron chi connectivity index (χ1n) is 7.69. The number of hydrogen-bond donors (Lipinski definition) is 1. The molecule has 0 unspecified atom stereocenters. The monoisotopic (exact) mass is 347 g/mol. The summed E-state index contributed by atoms with van der Waals surface area (Å²) < 4.78 is 5.69. The molecule has 0 saturated carbocycles. The molecule has 2 heterocycles. The van der Waals surface area contributed by atoms with E-state index in [1.165, 1.54) is 0 Å². The Hall–Kier alpha value is -2.31. The summed E-state index contributed by atoms with van der Waals surface area (Å²) in [5.41, 5.74) is 5.95. The fourth-order valence-electron chi connectivity index (χ4n) is 2.74. The van der Waals surface area contributed by atoms with Gasteiger partial charge in [0.15, 0.2) is 5.76 Å². The molecule has 1 aliphatic heterocycles. The molecule has 0 spiro atoms. The van der Waals surface area contributed by atoms with E-state index in [1.807, 2.05) is 23.1 Å². The largest absolute Gasteiger partial charge is 0.451 e. The van der Waals surface area contributed by atoms with Crippen molar-refractivity contribution in [3.8, 4) is 11.3 Å². The fourth-order valence-corrected chi connectivity index (χ4v) is 2.97. The van der Waals surface area contributed by atoms with Crippen LogP contribution in [-0.2, 0) is 4.79 Å². The van der Waals surface area contributed by atoms with E-state index in [0.29, 0.717) is 37.0 Å². The Morgan fingerprint density at radius 2 is 1.79 bits per heavy atom. The van der Waals surface area contributed by atoms with Gasteiger partial charge in [0.05, 0.1) is 11.6 Å². The molecular weight excluding hydrogens is 330 g/mol. The average Bonchev–Trinajstić information content (AvgIpc) is 3.04. The SMILES string of the molecule is NC(=O)CN1CCN(C(=O)c2ccc(-c3ccccc3Cl)o2)CC1. The zero-order chi connectivity index (χ0) is 17.1. The van der Waals surface area contributed by atoms with Crippen LogP contribution in [0.2, 0.25) is 5.02 Å². The zero-order valence-corrected chi connectivity index (χ0v) is 13.8. The summed E-state index contributed by atoms with van der Waals surface area (Å²) in [7, 11) is 0. The summed E-state index contributed by atoms with van der Waals surface area (Å²) in [5.74, 6) is 0.335. The molecule has 7 heteroatoms. The number of amides is 2. The van der Waals surface area contributed by atoms with Gasteiger partial charge in [-0.05, 0) is 24.3 Å². The second-order valence-corrected chi connectivity index (χ2v) is 6.09. The van der Waals surface area contributed by atoms with Crippen LogP contribution in [0.4, 0.5) is 0 Å². The molecule has 0 atom stereocenters. The highest BCUT2D eigenvalue weighted by Gasteiger charge is 2.25.